The second kappa shape index (κ2) is 8.80. The molecule has 3 aromatic rings. The first kappa shape index (κ1) is 21.1. The predicted molar refractivity (Wildman–Crippen MR) is 112 cm³/mol. The summed E-state index contributed by atoms with van der Waals surface area (Å²) >= 11 is 0. The van der Waals surface area contributed by atoms with Crippen molar-refractivity contribution >= 4 is 21.5 Å². The first-order valence-electron chi connectivity index (χ1n) is 8.89. The molecule has 10 heteroatoms. The van der Waals surface area contributed by atoms with E-state index in [1.807, 2.05) is 25.1 Å². The summed E-state index contributed by atoms with van der Waals surface area (Å²) in [5.41, 5.74) is 6.22. The minimum absolute atomic E-state index is 0.0437. The molecule has 0 spiro atoms. The molecule has 30 heavy (non-hydrogen) atoms. The van der Waals surface area contributed by atoms with E-state index in [1.54, 1.807) is 6.07 Å². The Hall–Kier alpha value is -3.63. The van der Waals surface area contributed by atoms with Crippen molar-refractivity contribution in [2.45, 2.75) is 18.2 Å². The molecule has 0 aliphatic carbocycles. The van der Waals surface area contributed by atoms with Crippen LogP contribution in [0.2, 0.25) is 0 Å². The second-order valence-electron chi connectivity index (χ2n) is 6.22. The molecule has 0 atom stereocenters. The van der Waals surface area contributed by atoms with Gasteiger partial charge in [0.2, 0.25) is 10.9 Å². The lowest BCUT2D eigenvalue weighted by atomic mass is 10.1. The third-order valence-electron chi connectivity index (χ3n) is 4.22. The van der Waals surface area contributed by atoms with Crippen molar-refractivity contribution in [3.8, 4) is 0 Å². The molecule has 9 nitrogen and oxygen atoms in total. The van der Waals surface area contributed by atoms with Crippen LogP contribution in [0, 0.1) is 0 Å². The summed E-state index contributed by atoms with van der Waals surface area (Å²) in [6.45, 7) is 1.98. The van der Waals surface area contributed by atoms with E-state index in [1.165, 1.54) is 36.4 Å². The van der Waals surface area contributed by atoms with Gasteiger partial charge in [-0.1, -0.05) is 25.1 Å². The number of nitrogens with zero attached hydrogens (tertiary/aromatic N) is 2. The Balaban J connectivity index is 1.92. The zero-order valence-electron chi connectivity index (χ0n) is 15.9. The molecule has 0 aliphatic heterocycles. The molecule has 0 aromatic heterocycles. The highest BCUT2D eigenvalue weighted by molar-refractivity contribution is 7.85. The van der Waals surface area contributed by atoms with Crippen LogP contribution < -0.4 is 32.4 Å². The van der Waals surface area contributed by atoms with Crippen molar-refractivity contribution in [3.05, 3.63) is 97.4 Å². The minimum Gasteiger partial charge on any atom is -0.287 e. The van der Waals surface area contributed by atoms with Gasteiger partial charge in [-0.05, 0) is 54.4 Å². The summed E-state index contributed by atoms with van der Waals surface area (Å²) in [6, 6.07) is 15.0. The molecule has 3 N–H and O–H groups in total. The molecule has 0 unspecified atom stereocenters. The van der Waals surface area contributed by atoms with Gasteiger partial charge in [0, 0.05) is 0 Å². The fourth-order valence-electron chi connectivity index (χ4n) is 2.62. The van der Waals surface area contributed by atoms with Crippen LogP contribution in [0.15, 0.2) is 85.4 Å². The normalized spacial score (nSPS) is 12.7. The molecule has 0 amide bonds. The van der Waals surface area contributed by atoms with Gasteiger partial charge in [0.25, 0.3) is 10.1 Å². The summed E-state index contributed by atoms with van der Waals surface area (Å²) in [5, 5.41) is 7.59. The van der Waals surface area contributed by atoms with E-state index in [-0.39, 0.29) is 15.6 Å². The summed E-state index contributed by atoms with van der Waals surface area (Å²) in [4.78, 5) is 24.4. The molecule has 0 saturated carbocycles. The van der Waals surface area contributed by atoms with Crippen LogP contribution in [0.25, 0.3) is 0 Å². The van der Waals surface area contributed by atoms with E-state index in [0.717, 1.165) is 12.0 Å². The number of rotatable bonds is 6. The van der Waals surface area contributed by atoms with Crippen molar-refractivity contribution in [1.82, 2.24) is 0 Å². The molecular formula is C20H18N4O5S. The first-order valence-corrected chi connectivity index (χ1v) is 10.3. The third-order valence-corrected chi connectivity index (χ3v) is 5.09. The first-order chi connectivity index (χ1) is 14.3. The number of benzene rings is 3. The lowest BCUT2D eigenvalue weighted by Gasteiger charge is -2.05. The van der Waals surface area contributed by atoms with Crippen molar-refractivity contribution in [2.75, 3.05) is 10.9 Å². The van der Waals surface area contributed by atoms with Gasteiger partial charge >= 0.3 is 0 Å². The largest absolute Gasteiger partial charge is 0.294 e. The van der Waals surface area contributed by atoms with Crippen LogP contribution in [0.4, 0.5) is 11.4 Å². The van der Waals surface area contributed by atoms with Gasteiger partial charge in [0.15, 0.2) is 5.36 Å². The van der Waals surface area contributed by atoms with Gasteiger partial charge < -0.3 is 0 Å². The van der Waals surface area contributed by atoms with Crippen molar-refractivity contribution in [1.29, 1.82) is 0 Å². The molecule has 0 heterocycles. The minimum atomic E-state index is -4.30. The summed E-state index contributed by atoms with van der Waals surface area (Å²) < 4.78 is 31.1. The Labute approximate surface area is 171 Å². The Bertz CT molecular complexity index is 1390. The van der Waals surface area contributed by atoms with E-state index >= 15 is 0 Å². The number of anilines is 2. The standard InChI is InChI=1S/C20H18N4O5S/c1-2-13-5-3-4-6-16(13)22-24-19-18(25)12-11-17(20(19)26)23-21-14-7-9-15(10-8-14)30(27,28)29/h3-12,21-22H,2H2,1H3,(H,27,28,29). The number of para-hydroxylation sites is 1. The Morgan fingerprint density at radius 2 is 1.60 bits per heavy atom. The second-order valence-corrected chi connectivity index (χ2v) is 7.64. The molecule has 0 aliphatic rings. The number of aryl methyl sites for hydroxylation is 1. The van der Waals surface area contributed by atoms with Gasteiger partial charge in [-0.2, -0.15) is 18.6 Å². The van der Waals surface area contributed by atoms with E-state index in [2.05, 4.69) is 21.1 Å². The Morgan fingerprint density at radius 1 is 0.900 bits per heavy atom. The fourth-order valence-corrected chi connectivity index (χ4v) is 3.10. The van der Waals surface area contributed by atoms with E-state index in [4.69, 9.17) is 4.55 Å². The van der Waals surface area contributed by atoms with Crippen LogP contribution in [-0.2, 0) is 16.5 Å². The molecule has 0 saturated heterocycles. The van der Waals surface area contributed by atoms with Crippen LogP contribution in [0.1, 0.15) is 12.5 Å². The Morgan fingerprint density at radius 3 is 2.27 bits per heavy atom. The average molecular weight is 426 g/mol. The summed E-state index contributed by atoms with van der Waals surface area (Å²) in [7, 11) is -4.30. The molecule has 0 fully saturated rings. The zero-order chi connectivity index (χ0) is 21.7. The van der Waals surface area contributed by atoms with Gasteiger partial charge in [0.05, 0.1) is 16.3 Å². The number of hydrogen-bond donors (Lipinski definition) is 3. The quantitative estimate of drug-likeness (QED) is 0.394. The van der Waals surface area contributed by atoms with Gasteiger partial charge in [-0.3, -0.25) is 25.0 Å². The van der Waals surface area contributed by atoms with Crippen molar-refractivity contribution < 1.29 is 13.0 Å². The highest BCUT2D eigenvalue weighted by Crippen LogP contribution is 2.15. The molecule has 3 aromatic carbocycles. The monoisotopic (exact) mass is 426 g/mol. The number of nitrogens with one attached hydrogen (secondary N) is 2. The molecule has 154 valence electrons. The fraction of sp³-hybridized carbons (Fsp3) is 0.100. The maximum absolute atomic E-state index is 12.6. The molecule has 3 rings (SSSR count). The van der Waals surface area contributed by atoms with Crippen LogP contribution >= 0.6 is 0 Å². The number of hydrogen-bond acceptors (Lipinski definition) is 8. The predicted octanol–water partition coefficient (Wildman–Crippen LogP) is 0.947. The smallest absolute Gasteiger partial charge is 0.287 e. The van der Waals surface area contributed by atoms with Gasteiger partial charge in [-0.15, -0.1) is 0 Å². The maximum Gasteiger partial charge on any atom is 0.294 e. The Kier molecular flexibility index (Phi) is 6.19. The van der Waals surface area contributed by atoms with E-state index < -0.39 is 21.0 Å². The topological polar surface area (TPSA) is 137 Å². The van der Waals surface area contributed by atoms with Crippen LogP contribution in [-0.4, -0.2) is 13.0 Å². The third kappa shape index (κ3) is 4.85. The van der Waals surface area contributed by atoms with Crippen molar-refractivity contribution in [3.63, 3.8) is 0 Å². The lowest BCUT2D eigenvalue weighted by Crippen LogP contribution is -2.48. The molecule has 0 bridgehead atoms. The zero-order valence-corrected chi connectivity index (χ0v) is 16.7. The highest BCUT2D eigenvalue weighted by Gasteiger charge is 2.08. The maximum atomic E-state index is 12.6. The van der Waals surface area contributed by atoms with Crippen LogP contribution in [0.3, 0.4) is 0 Å². The highest BCUT2D eigenvalue weighted by atomic mass is 32.2. The summed E-state index contributed by atoms with van der Waals surface area (Å²) in [6.07, 6.45) is 0.753. The molecule has 0 radical (unpaired) electrons. The summed E-state index contributed by atoms with van der Waals surface area (Å²) in [5.74, 6) is 0. The van der Waals surface area contributed by atoms with Gasteiger partial charge in [0.1, 0.15) is 5.36 Å². The SMILES string of the molecule is CCc1ccccc1NN=c1c(=O)ccc(=NNc2ccc(S(=O)(=O)O)cc2)c1=O. The van der Waals surface area contributed by atoms with Crippen LogP contribution in [0.5, 0.6) is 0 Å². The van der Waals surface area contributed by atoms with E-state index in [0.29, 0.717) is 11.4 Å². The van der Waals surface area contributed by atoms with E-state index in [9.17, 15) is 18.0 Å². The van der Waals surface area contributed by atoms with Gasteiger partial charge in [-0.25, -0.2) is 0 Å². The lowest BCUT2D eigenvalue weighted by molar-refractivity contribution is 0.483. The average Bonchev–Trinajstić information content (AvgIpc) is 2.73. The molecular weight excluding hydrogens is 408 g/mol. The van der Waals surface area contributed by atoms with Crippen molar-refractivity contribution in [2.24, 2.45) is 10.2 Å².